The third-order valence-corrected chi connectivity index (χ3v) is 1.57. The van der Waals surface area contributed by atoms with Crippen LogP contribution in [-0.4, -0.2) is 4.74 Å². The van der Waals surface area contributed by atoms with Crippen LogP contribution in [0.5, 0.6) is 0 Å². The molecular weight excluding hydrogens is 154 g/mol. The molecule has 0 saturated carbocycles. The van der Waals surface area contributed by atoms with Gasteiger partial charge in [-0.25, -0.2) is 0 Å². The fourth-order valence-corrected chi connectivity index (χ4v) is 1.02. The molecule has 1 heterocycles. The van der Waals surface area contributed by atoms with Crippen LogP contribution in [0.3, 0.4) is 0 Å². The van der Waals surface area contributed by atoms with Gasteiger partial charge in [0.1, 0.15) is 6.26 Å². The molecular formula is C9H7NO2. The molecule has 0 fully saturated rings. The second-order valence-electron chi connectivity index (χ2n) is 2.38. The summed E-state index contributed by atoms with van der Waals surface area (Å²) in [5.41, 5.74) is 0.591. The summed E-state index contributed by atoms with van der Waals surface area (Å²) >= 11 is 0. The molecule has 12 heavy (non-hydrogen) atoms. The number of hydrogen-bond donors (Lipinski definition) is 0. The fraction of sp³-hybridized carbons (Fsp3) is 0. The molecule has 2 aromatic rings. The quantitative estimate of drug-likeness (QED) is 0.634. The maximum atomic E-state index is 11.1. The van der Waals surface area contributed by atoms with E-state index in [0.717, 1.165) is 5.69 Å². The zero-order valence-electron chi connectivity index (χ0n) is 6.31. The topological polar surface area (TPSA) is 35.1 Å². The van der Waals surface area contributed by atoms with Crippen molar-refractivity contribution in [1.82, 2.24) is 4.74 Å². The maximum absolute atomic E-state index is 11.1. The number of nitrogens with zero attached hydrogens (tertiary/aromatic N) is 1. The summed E-state index contributed by atoms with van der Waals surface area (Å²) in [6.07, 6.45) is 1.37. The van der Waals surface area contributed by atoms with Crippen LogP contribution in [0, 0.1) is 0 Å². The molecule has 0 bridgehead atoms. The monoisotopic (exact) mass is 161 g/mol. The van der Waals surface area contributed by atoms with Crippen LogP contribution in [0.25, 0.3) is 5.69 Å². The van der Waals surface area contributed by atoms with E-state index in [4.69, 9.17) is 4.52 Å². The number of para-hydroxylation sites is 1. The van der Waals surface area contributed by atoms with Gasteiger partial charge >= 0.3 is 0 Å². The minimum Gasteiger partial charge on any atom is -0.379 e. The van der Waals surface area contributed by atoms with Crippen molar-refractivity contribution in [2.75, 3.05) is 0 Å². The molecule has 0 radical (unpaired) electrons. The van der Waals surface area contributed by atoms with Gasteiger partial charge in [0.25, 0.3) is 5.56 Å². The summed E-state index contributed by atoms with van der Waals surface area (Å²) in [7, 11) is 0. The van der Waals surface area contributed by atoms with Crippen molar-refractivity contribution < 1.29 is 4.52 Å². The number of aromatic nitrogens is 1. The van der Waals surface area contributed by atoms with Crippen LogP contribution in [0.15, 0.2) is 52.0 Å². The summed E-state index contributed by atoms with van der Waals surface area (Å²) in [6.45, 7) is 0. The van der Waals surface area contributed by atoms with E-state index in [1.165, 1.54) is 17.1 Å². The van der Waals surface area contributed by atoms with E-state index in [2.05, 4.69) is 0 Å². The Hall–Kier alpha value is -1.77. The van der Waals surface area contributed by atoms with Crippen LogP contribution in [-0.2, 0) is 0 Å². The van der Waals surface area contributed by atoms with E-state index in [1.54, 1.807) is 0 Å². The first-order valence-electron chi connectivity index (χ1n) is 3.60. The summed E-state index contributed by atoms with van der Waals surface area (Å²) in [5, 5.41) is 0. The van der Waals surface area contributed by atoms with Gasteiger partial charge in [-0.1, -0.05) is 18.2 Å². The summed E-state index contributed by atoms with van der Waals surface area (Å²) in [6, 6.07) is 10.6. The highest BCUT2D eigenvalue weighted by Crippen LogP contribution is 2.02. The average Bonchev–Trinajstić information content (AvgIpc) is 2.53. The molecule has 0 aliphatic rings. The van der Waals surface area contributed by atoms with Crippen LogP contribution in [0.2, 0.25) is 0 Å². The minimum atomic E-state index is -0.152. The van der Waals surface area contributed by atoms with Gasteiger partial charge in [0.15, 0.2) is 0 Å². The van der Waals surface area contributed by atoms with Gasteiger partial charge in [0.2, 0.25) is 0 Å². The molecule has 0 amide bonds. The molecule has 1 aromatic carbocycles. The van der Waals surface area contributed by atoms with Gasteiger partial charge in [0, 0.05) is 6.07 Å². The number of hydrogen-bond acceptors (Lipinski definition) is 2. The lowest BCUT2D eigenvalue weighted by atomic mass is 10.3. The fourth-order valence-electron chi connectivity index (χ4n) is 1.02. The van der Waals surface area contributed by atoms with Gasteiger partial charge in [-0.3, -0.25) is 4.79 Å². The Bertz CT molecular complexity index is 413. The molecule has 0 atom stereocenters. The first kappa shape index (κ1) is 6.91. The Balaban J connectivity index is 2.59. The lowest BCUT2D eigenvalue weighted by Crippen LogP contribution is -2.10. The zero-order chi connectivity index (χ0) is 8.39. The molecule has 0 aliphatic heterocycles. The Morgan fingerprint density at radius 2 is 1.83 bits per heavy atom. The summed E-state index contributed by atoms with van der Waals surface area (Å²) in [4.78, 5) is 11.1. The van der Waals surface area contributed by atoms with E-state index >= 15 is 0 Å². The molecule has 0 N–H and O–H groups in total. The minimum absolute atomic E-state index is 0.152. The molecule has 3 nitrogen and oxygen atoms in total. The van der Waals surface area contributed by atoms with Gasteiger partial charge in [0.05, 0.1) is 5.69 Å². The van der Waals surface area contributed by atoms with Crippen molar-refractivity contribution >= 4 is 0 Å². The Labute approximate surface area is 68.8 Å². The van der Waals surface area contributed by atoms with E-state index in [1.807, 2.05) is 30.3 Å². The molecule has 0 aliphatic carbocycles. The second-order valence-corrected chi connectivity index (χ2v) is 2.38. The summed E-state index contributed by atoms with van der Waals surface area (Å²) in [5.74, 6) is 0. The van der Waals surface area contributed by atoms with Crippen LogP contribution in [0.1, 0.15) is 0 Å². The van der Waals surface area contributed by atoms with Gasteiger partial charge in [-0.2, -0.15) is 0 Å². The van der Waals surface area contributed by atoms with Crippen molar-refractivity contribution in [2.45, 2.75) is 0 Å². The van der Waals surface area contributed by atoms with E-state index in [0.29, 0.717) is 0 Å². The number of rotatable bonds is 1. The van der Waals surface area contributed by atoms with Crippen LogP contribution < -0.4 is 5.56 Å². The SMILES string of the molecule is O=c1ccon1-c1ccccc1. The van der Waals surface area contributed by atoms with Crippen molar-refractivity contribution in [3.63, 3.8) is 0 Å². The van der Waals surface area contributed by atoms with Crippen LogP contribution >= 0.6 is 0 Å². The predicted molar refractivity (Wildman–Crippen MR) is 44.3 cm³/mol. The van der Waals surface area contributed by atoms with Crippen molar-refractivity contribution in [1.29, 1.82) is 0 Å². The number of benzene rings is 1. The van der Waals surface area contributed by atoms with Crippen molar-refractivity contribution in [3.05, 3.63) is 53.0 Å². The van der Waals surface area contributed by atoms with Gasteiger partial charge < -0.3 is 4.52 Å². The average molecular weight is 161 g/mol. The molecule has 3 heteroatoms. The highest BCUT2D eigenvalue weighted by molar-refractivity contribution is 5.28. The second kappa shape index (κ2) is 2.70. The third-order valence-electron chi connectivity index (χ3n) is 1.57. The molecule has 0 unspecified atom stereocenters. The molecule has 0 saturated heterocycles. The lowest BCUT2D eigenvalue weighted by molar-refractivity contribution is 0.339. The highest BCUT2D eigenvalue weighted by Gasteiger charge is 1.98. The highest BCUT2D eigenvalue weighted by atomic mass is 16.5. The van der Waals surface area contributed by atoms with E-state index in [-0.39, 0.29) is 5.56 Å². The standard InChI is InChI=1S/C9H7NO2/c11-9-6-7-12-10(9)8-4-2-1-3-5-8/h1-7H. The third kappa shape index (κ3) is 1.05. The first-order valence-corrected chi connectivity index (χ1v) is 3.60. The lowest BCUT2D eigenvalue weighted by Gasteiger charge is -1.96. The van der Waals surface area contributed by atoms with Crippen LogP contribution in [0.4, 0.5) is 0 Å². The summed E-state index contributed by atoms with van der Waals surface area (Å²) < 4.78 is 6.19. The Kier molecular flexibility index (Phi) is 1.55. The first-order chi connectivity index (χ1) is 5.88. The zero-order valence-corrected chi connectivity index (χ0v) is 6.31. The maximum Gasteiger partial charge on any atom is 0.287 e. The normalized spacial score (nSPS) is 10.0. The van der Waals surface area contributed by atoms with E-state index in [9.17, 15) is 4.79 Å². The Morgan fingerprint density at radius 3 is 2.42 bits per heavy atom. The molecule has 1 aromatic heterocycles. The van der Waals surface area contributed by atoms with Gasteiger partial charge in [-0.05, 0) is 12.1 Å². The largest absolute Gasteiger partial charge is 0.379 e. The molecule has 0 spiro atoms. The van der Waals surface area contributed by atoms with Crippen molar-refractivity contribution in [3.8, 4) is 5.69 Å². The predicted octanol–water partition coefficient (Wildman–Crippen LogP) is 1.43. The molecule has 2 rings (SSSR count). The van der Waals surface area contributed by atoms with Crippen molar-refractivity contribution in [2.24, 2.45) is 0 Å². The van der Waals surface area contributed by atoms with Gasteiger partial charge in [-0.15, -0.1) is 4.74 Å². The molecule has 60 valence electrons. The Morgan fingerprint density at radius 1 is 1.08 bits per heavy atom. The smallest absolute Gasteiger partial charge is 0.287 e. The van der Waals surface area contributed by atoms with E-state index < -0.39 is 0 Å².